The van der Waals surface area contributed by atoms with Crippen molar-refractivity contribution in [3.8, 4) is 78.6 Å². The minimum absolute atomic E-state index is 0.847. The summed E-state index contributed by atoms with van der Waals surface area (Å²) >= 11 is 1.84. The lowest BCUT2D eigenvalue weighted by Crippen LogP contribution is -1.97. The third-order valence-corrected chi connectivity index (χ3v) is 29.6. The van der Waals surface area contributed by atoms with Gasteiger partial charge in [0, 0.05) is 150 Å². The highest BCUT2D eigenvalue weighted by atomic mass is 32.1. The molecule has 658 valence electrons. The number of hydrogen-bond donors (Lipinski definition) is 0. The summed E-state index contributed by atoms with van der Waals surface area (Å²) in [6.07, 6.45) is 13.1. The van der Waals surface area contributed by atoms with Gasteiger partial charge in [-0.1, -0.05) is 218 Å². The highest BCUT2D eigenvalue weighted by Gasteiger charge is 2.26. The number of fused-ring (bicyclic) bond motifs is 27. The van der Waals surface area contributed by atoms with E-state index in [1.807, 2.05) is 72.9 Å². The first-order valence-corrected chi connectivity index (χ1v) is 48.2. The van der Waals surface area contributed by atoms with Gasteiger partial charge in [-0.25, -0.2) is 4.98 Å². The predicted octanol–water partition coefficient (Wildman–Crippen LogP) is 33.5. The van der Waals surface area contributed by atoms with Crippen molar-refractivity contribution in [2.75, 3.05) is 0 Å². The van der Waals surface area contributed by atoms with Crippen LogP contribution in [0.1, 0.15) is 0 Å². The van der Waals surface area contributed by atoms with Crippen LogP contribution in [0, 0.1) is 0 Å². The third kappa shape index (κ3) is 12.7. The number of furan rings is 2. The summed E-state index contributed by atoms with van der Waals surface area (Å²) < 4.78 is 29.6. The predicted molar refractivity (Wildman–Crippen MR) is 584 cm³/mol. The van der Waals surface area contributed by atoms with Crippen LogP contribution in [0.2, 0.25) is 0 Å². The van der Waals surface area contributed by atoms with E-state index in [1.165, 1.54) is 119 Å². The zero-order chi connectivity index (χ0) is 92.4. The van der Waals surface area contributed by atoms with Gasteiger partial charge in [-0.15, -0.1) is 11.3 Å². The first-order valence-electron chi connectivity index (χ1n) is 47.4. The molecule has 0 aliphatic heterocycles. The quantitative estimate of drug-likeness (QED) is 0.134. The van der Waals surface area contributed by atoms with E-state index in [9.17, 15) is 0 Å². The summed E-state index contributed by atoms with van der Waals surface area (Å²) in [6, 6.07) is 152. The third-order valence-electron chi connectivity index (χ3n) is 28.5. The molecular weight excluding hydrogens is 1740 g/mol. The lowest BCUT2D eigenvalue weighted by Gasteiger charge is -2.12. The van der Waals surface area contributed by atoms with Crippen LogP contribution in [0.4, 0.5) is 0 Å². The van der Waals surface area contributed by atoms with Gasteiger partial charge in [-0.2, -0.15) is 0 Å². The van der Waals surface area contributed by atoms with Gasteiger partial charge in [0.1, 0.15) is 39.0 Å². The zero-order valence-electron chi connectivity index (χ0n) is 75.6. The second kappa shape index (κ2) is 31.9. The topological polar surface area (TPSA) is 120 Å². The molecule has 0 aliphatic rings. The molecule has 14 heteroatoms. The van der Waals surface area contributed by atoms with Crippen LogP contribution in [-0.2, 0) is 0 Å². The van der Waals surface area contributed by atoms with E-state index >= 15 is 0 Å². The van der Waals surface area contributed by atoms with Gasteiger partial charge in [0.2, 0.25) is 0 Å². The van der Waals surface area contributed by atoms with Crippen molar-refractivity contribution < 1.29 is 8.83 Å². The molecule has 141 heavy (non-hydrogen) atoms. The fourth-order valence-electron chi connectivity index (χ4n) is 22.2. The Hall–Kier alpha value is -18.9. The summed E-state index contributed by atoms with van der Waals surface area (Å²) in [7, 11) is 0. The smallest absolute Gasteiger partial charge is 0.145 e. The standard InChI is InChI=1S/C47H29N3O.C40H24N4O.C40H24N4S/c1-2-12-30(13-3-1)33-28-43(50-42-22-9-6-18-37(42)38-19-11-25-48-47(38)50)46-39-27-32(23-24-44(39)51-45(46)29-33)31-14-10-15-34(26-31)49-40-20-7-4-16-35(40)36-17-5-8-21-41(36)49;1-3-12-33-29(10-1)30-11-2-4-13-34(30)43(33)27-9-5-8-25(22-27)26-16-19-37-32(23-26)31-18-17-28(24-38(31)45-37)44-35-14-6-20-41-39(35)40-36(44)15-7-21-42-40;1-3-10-35-29(8-1)30-9-2-4-11-36(30)43(35)27-7-5-6-25(20-27)26-12-15-39-34(21-26)33-14-13-28(22-40(33)45-39)44-37-23-41-18-16-31(37)32-17-19-42-24-38(32)44/h1-29H;2*1-24H. The Morgan fingerprint density at radius 3 is 1.09 bits per heavy atom. The number of pyridine rings is 5. The van der Waals surface area contributed by atoms with Crippen molar-refractivity contribution in [1.29, 1.82) is 0 Å². The molecule has 17 aromatic carbocycles. The van der Waals surface area contributed by atoms with Crippen molar-refractivity contribution >= 4 is 207 Å². The van der Waals surface area contributed by atoms with Crippen molar-refractivity contribution in [1.82, 2.24) is 52.3 Å². The Bertz CT molecular complexity index is 9900. The van der Waals surface area contributed by atoms with E-state index in [-0.39, 0.29) is 0 Å². The van der Waals surface area contributed by atoms with E-state index in [0.717, 1.165) is 155 Å². The molecule has 31 rings (SSSR count). The lowest BCUT2D eigenvalue weighted by molar-refractivity contribution is 0.668. The summed E-state index contributed by atoms with van der Waals surface area (Å²) in [6.45, 7) is 0. The number of benzene rings is 17. The first-order chi connectivity index (χ1) is 69.9. The highest BCUT2D eigenvalue weighted by Crippen LogP contribution is 2.47. The molecule has 0 atom stereocenters. The number of nitrogens with zero attached hydrogens (tertiary/aromatic N) is 11. The number of rotatable bonds is 10. The zero-order valence-corrected chi connectivity index (χ0v) is 76.4. The fourth-order valence-corrected chi connectivity index (χ4v) is 23.4. The van der Waals surface area contributed by atoms with Gasteiger partial charge in [0.15, 0.2) is 0 Å². The van der Waals surface area contributed by atoms with E-state index in [2.05, 4.69) is 454 Å². The SMILES string of the molecule is c1cc(-c2ccc3oc4cc(-n5c6cccnc6c6ncccc65)ccc4c3c2)cc(-n2c3ccccc3c3ccccc32)c1.c1cc(-c2ccc3sc4cc(-n5c6cnccc6c6ccncc65)ccc4c3c2)cc(-n2c3ccccc3c3ccccc32)c1.c1ccc(-c2cc(-n3c4ccccc4c4cccnc43)c3c(c2)oc2ccc(-c4cccc(-n5c6ccccc6c6ccccc65)c4)cc23)cc1. The molecule has 0 spiro atoms. The molecule has 0 fully saturated rings. The van der Waals surface area contributed by atoms with E-state index < -0.39 is 0 Å². The molecule has 0 unspecified atom stereocenters. The average Bonchev–Trinajstić information content (AvgIpc) is 1.59. The van der Waals surface area contributed by atoms with Crippen LogP contribution in [-0.4, -0.2) is 52.3 Å². The van der Waals surface area contributed by atoms with Gasteiger partial charge in [0.05, 0.1) is 89.8 Å². The van der Waals surface area contributed by atoms with Crippen LogP contribution in [0.15, 0.2) is 477 Å². The maximum Gasteiger partial charge on any atom is 0.145 e. The van der Waals surface area contributed by atoms with Gasteiger partial charge in [-0.05, 0) is 245 Å². The number of thiophene rings is 1. The van der Waals surface area contributed by atoms with Crippen LogP contribution in [0.3, 0.4) is 0 Å². The normalized spacial score (nSPS) is 12.0. The second-order valence-electron chi connectivity index (χ2n) is 36.2. The number of aromatic nitrogens is 11. The second-order valence-corrected chi connectivity index (χ2v) is 37.3. The van der Waals surface area contributed by atoms with Gasteiger partial charge in [0.25, 0.3) is 0 Å². The number of para-hydroxylation sites is 7. The number of hydrogen-bond acceptors (Lipinski definition) is 8. The highest BCUT2D eigenvalue weighted by molar-refractivity contribution is 7.25. The van der Waals surface area contributed by atoms with Crippen molar-refractivity contribution in [3.05, 3.63) is 468 Å². The molecule has 0 aliphatic carbocycles. The van der Waals surface area contributed by atoms with Crippen LogP contribution >= 0.6 is 11.3 Å². The van der Waals surface area contributed by atoms with Gasteiger partial charge in [-0.3, -0.25) is 24.5 Å². The molecule has 0 N–H and O–H groups in total. The maximum atomic E-state index is 6.71. The Morgan fingerprint density at radius 1 is 0.184 bits per heavy atom. The Balaban J connectivity index is 0.000000102. The van der Waals surface area contributed by atoms with E-state index in [4.69, 9.17) is 13.8 Å². The average molecular weight is 1820 g/mol. The minimum Gasteiger partial charge on any atom is -0.456 e. The summed E-state index contributed by atoms with van der Waals surface area (Å²) in [5.41, 5.74) is 34.6. The van der Waals surface area contributed by atoms with Gasteiger partial charge >= 0.3 is 0 Å². The van der Waals surface area contributed by atoms with E-state index in [1.54, 1.807) is 0 Å². The van der Waals surface area contributed by atoms with Crippen LogP contribution < -0.4 is 0 Å². The largest absolute Gasteiger partial charge is 0.456 e. The molecule has 14 heterocycles. The van der Waals surface area contributed by atoms with E-state index in [0.29, 0.717) is 0 Å². The molecule has 0 saturated heterocycles. The molecule has 14 aromatic heterocycles. The Morgan fingerprint density at radius 2 is 0.560 bits per heavy atom. The summed E-state index contributed by atoms with van der Waals surface area (Å²) in [5, 5.41) is 19.1. The molecular formula is C127H77N11O2S. The Labute approximate surface area is 808 Å². The minimum atomic E-state index is 0.847. The molecule has 0 saturated carbocycles. The van der Waals surface area contributed by atoms with Crippen LogP contribution in [0.5, 0.6) is 0 Å². The van der Waals surface area contributed by atoms with Crippen LogP contribution in [0.25, 0.3) is 274 Å². The van der Waals surface area contributed by atoms with Gasteiger partial charge < -0.3 is 31.7 Å². The summed E-state index contributed by atoms with van der Waals surface area (Å²) in [5.74, 6) is 0. The molecule has 0 amide bonds. The Kier molecular flexibility index (Phi) is 18.0. The van der Waals surface area contributed by atoms with Crippen molar-refractivity contribution in [2.24, 2.45) is 0 Å². The fraction of sp³-hybridized carbons (Fsp3) is 0. The van der Waals surface area contributed by atoms with Crippen molar-refractivity contribution in [3.63, 3.8) is 0 Å². The lowest BCUT2D eigenvalue weighted by atomic mass is 9.99. The molecule has 0 radical (unpaired) electrons. The summed E-state index contributed by atoms with van der Waals surface area (Å²) in [4.78, 5) is 23.1. The monoisotopic (exact) mass is 1820 g/mol. The molecule has 31 aromatic rings. The molecule has 0 bridgehead atoms. The first kappa shape index (κ1) is 79.5. The maximum absolute atomic E-state index is 6.71. The molecule has 13 nitrogen and oxygen atoms in total. The van der Waals surface area contributed by atoms with Crippen molar-refractivity contribution in [2.45, 2.75) is 0 Å².